The molecule has 1 aromatic carbocycles. The molecular weight excluding hydrogens is 411 g/mol. The number of hydrogen-bond donors (Lipinski definition) is 6. The summed E-state index contributed by atoms with van der Waals surface area (Å²) in [5, 5.41) is 17.2. The topological polar surface area (TPSA) is 137 Å². The average molecular weight is 441 g/mol. The lowest BCUT2D eigenvalue weighted by atomic mass is 10.1. The van der Waals surface area contributed by atoms with Gasteiger partial charge in [-0.05, 0) is 43.1 Å². The molecule has 3 aromatic rings. The van der Waals surface area contributed by atoms with Crippen LogP contribution in [0.5, 0.6) is 0 Å². The van der Waals surface area contributed by atoms with Crippen molar-refractivity contribution in [3.8, 4) is 5.69 Å². The van der Waals surface area contributed by atoms with Crippen LogP contribution in [-0.4, -0.2) is 52.8 Å². The van der Waals surface area contributed by atoms with Crippen LogP contribution in [0, 0.1) is 5.41 Å². The SMILES string of the molecule is N=C(N)NCC[C@H](CF)NCc1ccc(-n2cc3cc(C4CCNC4)[nH]c3nc2=O)cc1. The Kier molecular flexibility index (Phi) is 6.81. The van der Waals surface area contributed by atoms with E-state index in [2.05, 4.69) is 32.0 Å². The molecule has 10 heteroatoms. The van der Waals surface area contributed by atoms with Gasteiger partial charge in [0.05, 0.1) is 5.69 Å². The minimum atomic E-state index is -0.506. The molecule has 0 radical (unpaired) electrons. The van der Waals surface area contributed by atoms with Gasteiger partial charge in [0.25, 0.3) is 0 Å². The zero-order valence-corrected chi connectivity index (χ0v) is 17.8. The number of aromatic amines is 1. The second kappa shape index (κ2) is 9.92. The van der Waals surface area contributed by atoms with Crippen molar-refractivity contribution in [2.45, 2.75) is 31.3 Å². The highest BCUT2D eigenvalue weighted by Crippen LogP contribution is 2.24. The van der Waals surface area contributed by atoms with Gasteiger partial charge in [0, 0.05) is 48.9 Å². The first-order chi connectivity index (χ1) is 15.5. The van der Waals surface area contributed by atoms with E-state index >= 15 is 0 Å². The number of H-pyrrole nitrogens is 1. The number of alkyl halides is 1. The van der Waals surface area contributed by atoms with Crippen molar-refractivity contribution in [3.63, 3.8) is 0 Å². The second-order valence-electron chi connectivity index (χ2n) is 8.14. The maximum absolute atomic E-state index is 13.2. The summed E-state index contributed by atoms with van der Waals surface area (Å²) >= 11 is 0. The molecule has 3 heterocycles. The van der Waals surface area contributed by atoms with Crippen molar-refractivity contribution in [1.82, 2.24) is 30.5 Å². The Morgan fingerprint density at radius 3 is 2.88 bits per heavy atom. The molecule has 2 atom stereocenters. The van der Waals surface area contributed by atoms with Crippen LogP contribution in [0.4, 0.5) is 4.39 Å². The molecule has 0 bridgehead atoms. The third kappa shape index (κ3) is 5.14. The zero-order valence-electron chi connectivity index (χ0n) is 17.8. The first-order valence-corrected chi connectivity index (χ1v) is 10.8. The number of benzene rings is 1. The van der Waals surface area contributed by atoms with Crippen LogP contribution in [0.3, 0.4) is 0 Å². The summed E-state index contributed by atoms with van der Waals surface area (Å²) in [6.07, 6.45) is 3.41. The van der Waals surface area contributed by atoms with Gasteiger partial charge in [0.1, 0.15) is 12.3 Å². The molecule has 0 amide bonds. The van der Waals surface area contributed by atoms with E-state index in [0.29, 0.717) is 31.1 Å². The number of guanidine groups is 1. The van der Waals surface area contributed by atoms with Gasteiger partial charge in [-0.1, -0.05) is 12.1 Å². The number of rotatable bonds is 9. The number of nitrogens with zero attached hydrogens (tertiary/aromatic N) is 2. The van der Waals surface area contributed by atoms with Gasteiger partial charge < -0.3 is 26.7 Å². The van der Waals surface area contributed by atoms with Crippen molar-refractivity contribution in [1.29, 1.82) is 5.41 Å². The van der Waals surface area contributed by atoms with Crippen molar-refractivity contribution in [2.75, 3.05) is 26.3 Å². The second-order valence-corrected chi connectivity index (χ2v) is 8.14. The summed E-state index contributed by atoms with van der Waals surface area (Å²) in [5.41, 5.74) is 8.34. The van der Waals surface area contributed by atoms with E-state index in [1.54, 1.807) is 4.57 Å². The predicted molar refractivity (Wildman–Crippen MR) is 123 cm³/mol. The highest BCUT2D eigenvalue weighted by molar-refractivity contribution is 5.76. The lowest BCUT2D eigenvalue weighted by Crippen LogP contribution is -2.37. The molecular formula is C22H29FN8O. The van der Waals surface area contributed by atoms with Crippen LogP contribution in [0.2, 0.25) is 0 Å². The van der Waals surface area contributed by atoms with E-state index in [4.69, 9.17) is 11.1 Å². The molecule has 2 aromatic heterocycles. The highest BCUT2D eigenvalue weighted by atomic mass is 19.1. The molecule has 0 saturated carbocycles. The molecule has 4 rings (SSSR count). The molecule has 1 fully saturated rings. The molecule has 0 aliphatic carbocycles. The first-order valence-electron chi connectivity index (χ1n) is 10.8. The number of fused-ring (bicyclic) bond motifs is 1. The summed E-state index contributed by atoms with van der Waals surface area (Å²) in [6, 6.07) is 9.30. The van der Waals surface area contributed by atoms with Crippen LogP contribution in [0.15, 0.2) is 41.3 Å². The minimum Gasteiger partial charge on any atom is -0.370 e. The lowest BCUT2D eigenvalue weighted by molar-refractivity contribution is 0.357. The largest absolute Gasteiger partial charge is 0.370 e. The van der Waals surface area contributed by atoms with Crippen LogP contribution in [-0.2, 0) is 6.54 Å². The quantitative estimate of drug-likeness (QED) is 0.218. The van der Waals surface area contributed by atoms with E-state index in [0.717, 1.165) is 41.8 Å². The third-order valence-corrected chi connectivity index (χ3v) is 5.83. The zero-order chi connectivity index (χ0) is 22.5. The van der Waals surface area contributed by atoms with Gasteiger partial charge in [-0.2, -0.15) is 4.98 Å². The molecule has 9 nitrogen and oxygen atoms in total. The fraction of sp³-hybridized carbons (Fsp3) is 0.409. The number of nitrogens with two attached hydrogens (primary N) is 1. The number of nitrogens with one attached hydrogen (secondary N) is 5. The van der Waals surface area contributed by atoms with Gasteiger partial charge in [-0.25, -0.2) is 9.18 Å². The van der Waals surface area contributed by atoms with Crippen LogP contribution in [0.1, 0.15) is 30.0 Å². The van der Waals surface area contributed by atoms with E-state index in [9.17, 15) is 9.18 Å². The molecule has 32 heavy (non-hydrogen) atoms. The number of aromatic nitrogens is 3. The van der Waals surface area contributed by atoms with Crippen molar-refractivity contribution in [2.24, 2.45) is 5.73 Å². The molecule has 1 unspecified atom stereocenters. The van der Waals surface area contributed by atoms with Crippen molar-refractivity contribution in [3.05, 3.63) is 58.3 Å². The molecule has 0 spiro atoms. The van der Waals surface area contributed by atoms with Crippen LogP contribution >= 0.6 is 0 Å². The number of hydrogen-bond acceptors (Lipinski definition) is 5. The molecule has 1 aliphatic heterocycles. The summed E-state index contributed by atoms with van der Waals surface area (Å²) in [6.45, 7) is 2.37. The number of halogens is 1. The third-order valence-electron chi connectivity index (χ3n) is 5.83. The smallest absolute Gasteiger partial charge is 0.354 e. The average Bonchev–Trinajstić information content (AvgIpc) is 3.45. The lowest BCUT2D eigenvalue weighted by Gasteiger charge is -2.16. The Morgan fingerprint density at radius 1 is 1.38 bits per heavy atom. The highest BCUT2D eigenvalue weighted by Gasteiger charge is 2.19. The van der Waals surface area contributed by atoms with Gasteiger partial charge in [0.15, 0.2) is 5.96 Å². The standard InChI is InChI=1S/C22H29FN8O/c23-10-17(6-8-27-21(24)25)28-11-14-1-3-18(4-2-14)31-13-16-9-19(15-5-7-26-12-15)29-20(16)30-22(31)32/h1-4,9,13,15,17,26,28H,5-8,10-12H2,(H4,24,25,27)(H,29,30,32)/t15?,17-/m1/s1. The Hall–Kier alpha value is -3.24. The van der Waals surface area contributed by atoms with Crippen LogP contribution in [0.25, 0.3) is 16.7 Å². The molecule has 170 valence electrons. The molecule has 1 aliphatic rings. The molecule has 1 saturated heterocycles. The van der Waals surface area contributed by atoms with E-state index in [1.165, 1.54) is 0 Å². The van der Waals surface area contributed by atoms with Gasteiger partial charge in [-0.15, -0.1) is 0 Å². The van der Waals surface area contributed by atoms with Crippen LogP contribution < -0.4 is 27.4 Å². The van der Waals surface area contributed by atoms with Crippen molar-refractivity contribution >= 4 is 17.0 Å². The van der Waals surface area contributed by atoms with E-state index < -0.39 is 6.67 Å². The normalized spacial score (nSPS) is 17.0. The first kappa shape index (κ1) is 22.0. The summed E-state index contributed by atoms with van der Waals surface area (Å²) in [7, 11) is 0. The monoisotopic (exact) mass is 440 g/mol. The summed E-state index contributed by atoms with van der Waals surface area (Å²) < 4.78 is 14.8. The fourth-order valence-electron chi connectivity index (χ4n) is 3.99. The summed E-state index contributed by atoms with van der Waals surface area (Å²) in [4.78, 5) is 20.1. The van der Waals surface area contributed by atoms with E-state index in [1.807, 2.05) is 30.5 Å². The Labute approximate surface area is 185 Å². The maximum Gasteiger partial charge on any atom is 0.354 e. The Bertz CT molecular complexity index is 1120. The van der Waals surface area contributed by atoms with Gasteiger partial charge in [0.2, 0.25) is 0 Å². The van der Waals surface area contributed by atoms with Gasteiger partial charge in [-0.3, -0.25) is 9.98 Å². The van der Waals surface area contributed by atoms with Crippen molar-refractivity contribution < 1.29 is 4.39 Å². The maximum atomic E-state index is 13.2. The summed E-state index contributed by atoms with van der Waals surface area (Å²) in [5.74, 6) is 0.304. The van der Waals surface area contributed by atoms with E-state index in [-0.39, 0.29) is 17.7 Å². The predicted octanol–water partition coefficient (Wildman–Crippen LogP) is 1.09. The minimum absolute atomic E-state index is 0.118. The fourth-order valence-corrected chi connectivity index (χ4v) is 3.99. The van der Waals surface area contributed by atoms with Gasteiger partial charge >= 0.3 is 5.69 Å². The Balaban J connectivity index is 1.43. The Morgan fingerprint density at radius 2 is 2.19 bits per heavy atom. The molecule has 7 N–H and O–H groups in total.